The highest BCUT2D eigenvalue weighted by atomic mass is 32.2. The van der Waals surface area contributed by atoms with Gasteiger partial charge in [-0.25, -0.2) is 0 Å². The van der Waals surface area contributed by atoms with Gasteiger partial charge in [0.05, 0.1) is 19.8 Å². The van der Waals surface area contributed by atoms with Crippen LogP contribution in [0.1, 0.15) is 70.7 Å². The summed E-state index contributed by atoms with van der Waals surface area (Å²) in [5.41, 5.74) is 0. The maximum Gasteiger partial charge on any atom is 0.230 e. The summed E-state index contributed by atoms with van der Waals surface area (Å²) in [6.45, 7) is 5.31. The van der Waals surface area contributed by atoms with E-state index in [0.717, 1.165) is 49.6 Å². The minimum absolute atomic E-state index is 0.119. The molecular formula is C18H34N5OS+. The molecule has 2 rings (SSSR count). The van der Waals surface area contributed by atoms with Crippen molar-refractivity contribution < 1.29 is 9.69 Å². The molecule has 142 valence electrons. The summed E-state index contributed by atoms with van der Waals surface area (Å²) in [5.74, 6) is 1.59. The Labute approximate surface area is 156 Å². The Morgan fingerprint density at radius 3 is 2.64 bits per heavy atom. The first kappa shape index (κ1) is 20.2. The molecule has 0 spiro atoms. The number of nitrogens with zero attached hydrogens (tertiary/aromatic N) is 3. The van der Waals surface area contributed by atoms with E-state index in [4.69, 9.17) is 0 Å². The Balaban J connectivity index is 2.02. The van der Waals surface area contributed by atoms with Crippen molar-refractivity contribution in [1.29, 1.82) is 0 Å². The molecule has 1 aliphatic rings. The van der Waals surface area contributed by atoms with Gasteiger partial charge in [-0.3, -0.25) is 4.79 Å². The van der Waals surface area contributed by atoms with Crippen LogP contribution < -0.4 is 10.2 Å². The highest BCUT2D eigenvalue weighted by Crippen LogP contribution is 2.22. The lowest BCUT2D eigenvalue weighted by Gasteiger charge is -2.20. The van der Waals surface area contributed by atoms with Gasteiger partial charge in [0.25, 0.3) is 0 Å². The monoisotopic (exact) mass is 368 g/mol. The summed E-state index contributed by atoms with van der Waals surface area (Å²) in [7, 11) is 4.32. The number of thioether (sulfide) groups is 1. The average Bonchev–Trinajstić information content (AvgIpc) is 3.21. The summed E-state index contributed by atoms with van der Waals surface area (Å²) in [6, 6.07) is 0.717. The Morgan fingerprint density at radius 2 is 2.04 bits per heavy atom. The molecule has 1 saturated carbocycles. The third kappa shape index (κ3) is 5.71. The van der Waals surface area contributed by atoms with Crippen LogP contribution in [0.3, 0.4) is 0 Å². The van der Waals surface area contributed by atoms with Crippen molar-refractivity contribution >= 4 is 17.7 Å². The third-order valence-corrected chi connectivity index (χ3v) is 5.92. The van der Waals surface area contributed by atoms with E-state index in [1.54, 1.807) is 0 Å². The molecule has 1 aliphatic carbocycles. The van der Waals surface area contributed by atoms with Crippen molar-refractivity contribution in [3.63, 3.8) is 0 Å². The molecule has 1 aromatic rings. The van der Waals surface area contributed by atoms with E-state index in [9.17, 15) is 4.79 Å². The van der Waals surface area contributed by atoms with Crippen LogP contribution in [0.25, 0.3) is 0 Å². The van der Waals surface area contributed by atoms with Gasteiger partial charge >= 0.3 is 0 Å². The molecule has 1 aromatic heterocycles. The van der Waals surface area contributed by atoms with Crippen molar-refractivity contribution in [2.24, 2.45) is 0 Å². The van der Waals surface area contributed by atoms with Crippen LogP contribution in [-0.2, 0) is 11.3 Å². The van der Waals surface area contributed by atoms with Gasteiger partial charge in [0.15, 0.2) is 11.0 Å². The highest BCUT2D eigenvalue weighted by molar-refractivity contribution is 7.99. The fourth-order valence-corrected chi connectivity index (χ4v) is 4.29. The highest BCUT2D eigenvalue weighted by Gasteiger charge is 2.25. The van der Waals surface area contributed by atoms with E-state index in [2.05, 4.69) is 48.0 Å². The topological polar surface area (TPSA) is 64.2 Å². The zero-order chi connectivity index (χ0) is 18.2. The van der Waals surface area contributed by atoms with Gasteiger partial charge in [0.1, 0.15) is 6.04 Å². The van der Waals surface area contributed by atoms with E-state index < -0.39 is 0 Å². The number of rotatable bonds is 10. The van der Waals surface area contributed by atoms with Gasteiger partial charge in [-0.2, -0.15) is 0 Å². The van der Waals surface area contributed by atoms with Gasteiger partial charge in [0, 0.05) is 19.0 Å². The molecule has 0 bridgehead atoms. The largest absolute Gasteiger partial charge is 0.353 e. The number of hydrogen-bond acceptors (Lipinski definition) is 4. The first-order valence-electron chi connectivity index (χ1n) is 9.72. The van der Waals surface area contributed by atoms with Gasteiger partial charge in [-0.15, -0.1) is 10.2 Å². The molecule has 1 atom stereocenters. The van der Waals surface area contributed by atoms with Crippen molar-refractivity contribution in [2.75, 3.05) is 19.8 Å². The Kier molecular flexibility index (Phi) is 8.22. The maximum atomic E-state index is 12.2. The van der Waals surface area contributed by atoms with Crippen LogP contribution in [-0.4, -0.2) is 46.6 Å². The molecule has 0 unspecified atom stereocenters. The second-order valence-corrected chi connectivity index (χ2v) is 8.16. The molecule has 1 heterocycles. The van der Waals surface area contributed by atoms with Crippen LogP contribution >= 0.6 is 11.8 Å². The Morgan fingerprint density at radius 1 is 1.32 bits per heavy atom. The van der Waals surface area contributed by atoms with Gasteiger partial charge < -0.3 is 14.8 Å². The standard InChI is InChI=1S/C18H33N5OS/c1-5-7-12-23-17(15(6-2)22(3)4)20-21-18(23)25-13-16(24)19-14-10-8-9-11-14/h14-15H,5-13H2,1-4H3,(H,19,24)/p+1/t15-/m0/s1. The number of aromatic nitrogens is 3. The molecule has 1 fully saturated rings. The zero-order valence-electron chi connectivity index (χ0n) is 16.2. The first-order valence-corrected chi connectivity index (χ1v) is 10.7. The van der Waals surface area contributed by atoms with E-state index in [0.29, 0.717) is 17.8 Å². The number of quaternary nitrogens is 1. The second kappa shape index (κ2) is 10.2. The summed E-state index contributed by atoms with van der Waals surface area (Å²) in [6.07, 6.45) is 7.98. The molecule has 1 amide bonds. The lowest BCUT2D eigenvalue weighted by Crippen LogP contribution is -3.06. The lowest BCUT2D eigenvalue weighted by atomic mass is 10.2. The minimum atomic E-state index is 0.119. The van der Waals surface area contributed by atoms with E-state index in [1.807, 2.05) is 0 Å². The number of nitrogens with one attached hydrogen (secondary N) is 2. The number of amides is 1. The van der Waals surface area contributed by atoms with Crippen LogP contribution in [0.2, 0.25) is 0 Å². The lowest BCUT2D eigenvalue weighted by molar-refractivity contribution is -0.893. The number of unbranched alkanes of at least 4 members (excludes halogenated alkanes) is 1. The second-order valence-electron chi connectivity index (χ2n) is 7.22. The van der Waals surface area contributed by atoms with Gasteiger partial charge in [-0.1, -0.05) is 44.9 Å². The van der Waals surface area contributed by atoms with Crippen molar-refractivity contribution in [3.8, 4) is 0 Å². The van der Waals surface area contributed by atoms with Crippen LogP contribution in [0.15, 0.2) is 5.16 Å². The van der Waals surface area contributed by atoms with Crippen molar-refractivity contribution in [2.45, 2.75) is 82.6 Å². The summed E-state index contributed by atoms with van der Waals surface area (Å²) in [5, 5.41) is 12.9. The first-order chi connectivity index (χ1) is 12.1. The number of carbonyl (C=O) groups is 1. The molecule has 25 heavy (non-hydrogen) atoms. The van der Waals surface area contributed by atoms with Crippen molar-refractivity contribution in [3.05, 3.63) is 5.82 Å². The molecule has 0 saturated heterocycles. The zero-order valence-corrected chi connectivity index (χ0v) is 17.0. The van der Waals surface area contributed by atoms with E-state index >= 15 is 0 Å². The molecule has 2 N–H and O–H groups in total. The Hall–Kier alpha value is -1.08. The fourth-order valence-electron chi connectivity index (χ4n) is 3.51. The SMILES string of the molecule is CCCCn1c(SCC(=O)NC2CCCC2)nnc1[C@H](CC)[NH+](C)C. The van der Waals surface area contributed by atoms with Crippen LogP contribution in [0.4, 0.5) is 0 Å². The van der Waals surface area contributed by atoms with E-state index in [1.165, 1.54) is 29.5 Å². The molecule has 0 radical (unpaired) electrons. The molecule has 0 aromatic carbocycles. The normalized spacial score (nSPS) is 16.5. The summed E-state index contributed by atoms with van der Waals surface area (Å²) >= 11 is 1.52. The van der Waals surface area contributed by atoms with E-state index in [-0.39, 0.29) is 5.91 Å². The smallest absolute Gasteiger partial charge is 0.230 e. The van der Waals surface area contributed by atoms with Crippen LogP contribution in [0.5, 0.6) is 0 Å². The predicted molar refractivity (Wildman–Crippen MR) is 102 cm³/mol. The summed E-state index contributed by atoms with van der Waals surface area (Å²) in [4.78, 5) is 13.6. The molecule has 0 aliphatic heterocycles. The minimum Gasteiger partial charge on any atom is -0.353 e. The Bertz CT molecular complexity index is 540. The van der Waals surface area contributed by atoms with Crippen molar-refractivity contribution in [1.82, 2.24) is 20.1 Å². The number of carbonyl (C=O) groups excluding carboxylic acids is 1. The molecule has 7 heteroatoms. The van der Waals surface area contributed by atoms with Gasteiger partial charge in [-0.05, 0) is 19.3 Å². The molecule has 6 nitrogen and oxygen atoms in total. The number of hydrogen-bond donors (Lipinski definition) is 2. The fraction of sp³-hybridized carbons (Fsp3) is 0.833. The summed E-state index contributed by atoms with van der Waals surface area (Å²) < 4.78 is 2.23. The van der Waals surface area contributed by atoms with Crippen LogP contribution in [0, 0.1) is 0 Å². The third-order valence-electron chi connectivity index (χ3n) is 4.95. The predicted octanol–water partition coefficient (Wildman–Crippen LogP) is 1.82. The average molecular weight is 369 g/mol. The maximum absolute atomic E-state index is 12.2. The van der Waals surface area contributed by atoms with Gasteiger partial charge in [0.2, 0.25) is 5.91 Å². The molecular weight excluding hydrogens is 334 g/mol. The quantitative estimate of drug-likeness (QED) is 0.619.